The molecule has 0 radical (unpaired) electrons. The molecule has 2 aliphatic carbocycles. The summed E-state index contributed by atoms with van der Waals surface area (Å²) in [6.07, 6.45) is 3.47. The molecule has 2 bridgehead atoms. The number of carbonyl (C=O) groups is 1. The van der Waals surface area contributed by atoms with Gasteiger partial charge in [-0.15, -0.1) is 0 Å². The van der Waals surface area contributed by atoms with Crippen molar-refractivity contribution < 1.29 is 48.2 Å². The molecule has 5 rings (SSSR count). The van der Waals surface area contributed by atoms with Crippen molar-refractivity contribution in [2.24, 2.45) is 0 Å². The Bertz CT molecular complexity index is 826. The van der Waals surface area contributed by atoms with Crippen LogP contribution in [0, 0.1) is 0 Å². The average molecular weight is 469 g/mol. The third-order valence-electron chi connectivity index (χ3n) is 7.45. The molecule has 0 aromatic heterocycles. The van der Waals surface area contributed by atoms with Crippen molar-refractivity contribution in [3.8, 4) is 11.5 Å². The first-order chi connectivity index (χ1) is 11.9. The van der Waals surface area contributed by atoms with E-state index in [1.54, 1.807) is 6.07 Å². The van der Waals surface area contributed by atoms with Crippen LogP contribution in [0.3, 0.4) is 0 Å². The molecule has 2 N–H and O–H groups in total. The van der Waals surface area contributed by atoms with Gasteiger partial charge in [0.2, 0.25) is 0 Å². The van der Waals surface area contributed by atoms with Crippen LogP contribution in [-0.2, 0) is 16.6 Å². The van der Waals surface area contributed by atoms with Gasteiger partial charge in [-0.25, -0.2) is 0 Å². The van der Waals surface area contributed by atoms with Gasteiger partial charge in [0.25, 0.3) is 0 Å². The number of hydrogen-bond acceptors (Lipinski definition) is 4. The molecule has 1 aromatic carbocycles. The number of piperidine rings is 1. The fourth-order valence-electron chi connectivity index (χ4n) is 6.34. The third-order valence-corrected chi connectivity index (χ3v) is 7.45. The van der Waals surface area contributed by atoms with E-state index in [1.165, 1.54) is 0 Å². The summed E-state index contributed by atoms with van der Waals surface area (Å²) in [6, 6.07) is 3.60. The third kappa shape index (κ3) is 1.81. The zero-order chi connectivity index (χ0) is 17.6. The predicted molar refractivity (Wildman–Crippen MR) is 91.6 cm³/mol. The smallest absolute Gasteiger partial charge is 0.174 e. The highest BCUT2D eigenvalue weighted by molar-refractivity contribution is 5.90. The van der Waals surface area contributed by atoms with Gasteiger partial charge in [-0.05, 0) is 24.1 Å². The summed E-state index contributed by atoms with van der Waals surface area (Å²) >= 11 is 0. The molecule has 5 nitrogen and oxygen atoms in total. The summed E-state index contributed by atoms with van der Waals surface area (Å²) < 4.78 is 6.76. The second kappa shape index (κ2) is 5.45. The van der Waals surface area contributed by atoms with E-state index in [9.17, 15) is 15.0 Å². The van der Waals surface area contributed by atoms with E-state index in [0.29, 0.717) is 25.0 Å². The molecule has 0 amide bonds. The Kier molecular flexibility index (Phi) is 3.83. The molecule has 1 saturated carbocycles. The van der Waals surface area contributed by atoms with E-state index < -0.39 is 17.1 Å². The van der Waals surface area contributed by atoms with E-state index in [2.05, 4.69) is 13.6 Å². The van der Waals surface area contributed by atoms with Crippen molar-refractivity contribution in [3.63, 3.8) is 0 Å². The van der Waals surface area contributed by atoms with E-state index in [0.717, 1.165) is 35.1 Å². The van der Waals surface area contributed by atoms with Gasteiger partial charge < -0.3 is 43.4 Å². The highest BCUT2D eigenvalue weighted by atomic mass is 127. The number of ketones is 1. The summed E-state index contributed by atoms with van der Waals surface area (Å²) in [7, 11) is 2.19. The summed E-state index contributed by atoms with van der Waals surface area (Å²) in [5.41, 5.74) is 0.295. The first kappa shape index (κ1) is 18.3. The van der Waals surface area contributed by atoms with Gasteiger partial charge in [0.1, 0.15) is 11.6 Å². The lowest BCUT2D eigenvalue weighted by Gasteiger charge is -2.64. The molecule has 0 unspecified atom stereocenters. The van der Waals surface area contributed by atoms with Gasteiger partial charge in [-0.3, -0.25) is 4.79 Å². The highest BCUT2D eigenvalue weighted by Crippen LogP contribution is 2.65. The lowest BCUT2D eigenvalue weighted by molar-refractivity contribution is -0.944. The first-order valence-electron chi connectivity index (χ1n) is 9.09. The average Bonchev–Trinajstić information content (AvgIpc) is 2.93. The maximum atomic E-state index is 12.7. The highest BCUT2D eigenvalue weighted by Gasteiger charge is 2.76. The second-order valence-corrected chi connectivity index (χ2v) is 8.45. The van der Waals surface area contributed by atoms with Gasteiger partial charge in [0.15, 0.2) is 23.4 Å². The van der Waals surface area contributed by atoms with Crippen molar-refractivity contribution in [1.29, 1.82) is 0 Å². The Balaban J connectivity index is 0.00000168. The van der Waals surface area contributed by atoms with Gasteiger partial charge >= 0.3 is 0 Å². The number of aliphatic hydroxyl groups is 1. The molecule has 1 spiro atoms. The summed E-state index contributed by atoms with van der Waals surface area (Å²) in [5.74, 6) is 0.547. The van der Waals surface area contributed by atoms with Crippen LogP contribution in [0.5, 0.6) is 11.5 Å². The monoisotopic (exact) mass is 469 g/mol. The second-order valence-electron chi connectivity index (χ2n) is 8.45. The molecule has 140 valence electrons. The number of halogens is 1. The number of Topliss-reactive ketones (excluding diaryl/α,β-unsaturated/α-hetero) is 1. The van der Waals surface area contributed by atoms with Gasteiger partial charge in [-0.2, -0.15) is 0 Å². The van der Waals surface area contributed by atoms with Crippen LogP contribution in [0.25, 0.3) is 0 Å². The number of ether oxygens (including phenoxy) is 1. The molecule has 1 aromatic rings. The van der Waals surface area contributed by atoms with Crippen LogP contribution in [-0.4, -0.2) is 58.4 Å². The first-order valence-corrected chi connectivity index (χ1v) is 9.09. The number of likely N-dealkylation sites (N-methyl/N-ethyl adjacent to an activating group) is 1. The van der Waals surface area contributed by atoms with E-state index in [1.807, 2.05) is 12.1 Å². The van der Waals surface area contributed by atoms with Crippen LogP contribution in [0.4, 0.5) is 0 Å². The minimum Gasteiger partial charge on any atom is -1.00 e. The van der Waals surface area contributed by atoms with Crippen LogP contribution in [0.1, 0.15) is 30.4 Å². The largest absolute Gasteiger partial charge is 1.00 e. The Morgan fingerprint density at radius 2 is 2.19 bits per heavy atom. The number of nitrogens with zero attached hydrogens (tertiary/aromatic N) is 1. The minimum absolute atomic E-state index is 0. The van der Waals surface area contributed by atoms with E-state index in [-0.39, 0.29) is 41.6 Å². The zero-order valence-electron chi connectivity index (χ0n) is 14.9. The number of phenolic OH excluding ortho intramolecular Hbond substituents is 1. The number of benzene rings is 1. The summed E-state index contributed by atoms with van der Waals surface area (Å²) in [5, 5.41) is 22.3. The van der Waals surface area contributed by atoms with Gasteiger partial charge in [-0.1, -0.05) is 12.6 Å². The predicted octanol–water partition coefficient (Wildman–Crippen LogP) is -1.55. The fourth-order valence-corrected chi connectivity index (χ4v) is 6.34. The number of hydrogen-bond donors (Lipinski definition) is 2. The molecule has 1 saturated heterocycles. The van der Waals surface area contributed by atoms with Crippen molar-refractivity contribution >= 4 is 5.78 Å². The lowest BCUT2D eigenvalue weighted by atomic mass is 9.48. The molecule has 2 fully saturated rings. The van der Waals surface area contributed by atoms with Crippen molar-refractivity contribution in [1.82, 2.24) is 0 Å². The standard InChI is InChI=1S/C20H23NO4.HI/c1-3-9-21(2)10-8-19-16-12-4-5-13(22)17(16)25-18(19)14(23)6-7-20(19,24)15(21)11-12;/h3-5,15,18,24H,1,6-11H2,2H3;1H/t15-,18+,19+,20-,21+;/m1./s1. The molecule has 4 aliphatic rings. The Morgan fingerprint density at radius 3 is 2.92 bits per heavy atom. The maximum Gasteiger partial charge on any atom is 0.174 e. The van der Waals surface area contributed by atoms with Crippen molar-refractivity contribution in [2.45, 2.75) is 48.8 Å². The molecule has 2 heterocycles. The van der Waals surface area contributed by atoms with Crippen LogP contribution in [0.15, 0.2) is 24.8 Å². The summed E-state index contributed by atoms with van der Waals surface area (Å²) in [4.78, 5) is 12.7. The maximum absolute atomic E-state index is 12.7. The quantitative estimate of drug-likeness (QED) is 0.313. The number of rotatable bonds is 2. The molecule has 2 aliphatic heterocycles. The number of phenols is 1. The van der Waals surface area contributed by atoms with Crippen molar-refractivity contribution in [2.75, 3.05) is 20.1 Å². The topological polar surface area (TPSA) is 66.8 Å². The Morgan fingerprint density at radius 1 is 1.42 bits per heavy atom. The SMILES string of the molecule is C=CC[N@@+]1(C)CC[C@]23c4c5ccc(O)c4O[C@H]2C(=O)CC[C@@]3(O)[C@H]1C5.[I-]. The Labute approximate surface area is 170 Å². The number of aromatic hydroxyl groups is 1. The van der Waals surface area contributed by atoms with E-state index in [4.69, 9.17) is 4.74 Å². The fraction of sp³-hybridized carbons (Fsp3) is 0.550. The van der Waals surface area contributed by atoms with Gasteiger partial charge in [0.05, 0.1) is 25.6 Å². The van der Waals surface area contributed by atoms with Crippen LogP contribution in [0.2, 0.25) is 0 Å². The molecule has 5 atom stereocenters. The number of likely N-dealkylation sites (tertiary alicyclic amines) is 1. The summed E-state index contributed by atoms with van der Waals surface area (Å²) in [6.45, 7) is 5.57. The molecule has 6 heteroatoms. The number of carbonyl (C=O) groups excluding carboxylic acids is 1. The number of quaternary nitrogens is 1. The van der Waals surface area contributed by atoms with E-state index >= 15 is 0 Å². The Hall–Kier alpha value is -1.12. The van der Waals surface area contributed by atoms with Crippen molar-refractivity contribution in [3.05, 3.63) is 35.9 Å². The van der Waals surface area contributed by atoms with Crippen LogP contribution >= 0.6 is 0 Å². The van der Waals surface area contributed by atoms with Gasteiger partial charge in [0, 0.05) is 24.8 Å². The normalized spacial score (nSPS) is 41.7. The zero-order valence-corrected chi connectivity index (χ0v) is 17.0. The van der Waals surface area contributed by atoms with Crippen LogP contribution < -0.4 is 28.7 Å². The molecular weight excluding hydrogens is 445 g/mol. The molecule has 26 heavy (non-hydrogen) atoms. The molecular formula is C20H24INO4. The lowest BCUT2D eigenvalue weighted by Crippen LogP contribution is -3.00. The minimum atomic E-state index is -0.992.